The molecule has 0 bridgehead atoms. The fraction of sp³-hybridized carbons (Fsp3) is 0.182. The molecule has 2 heteroatoms. The van der Waals surface area contributed by atoms with Gasteiger partial charge in [0.2, 0.25) is 0 Å². The maximum absolute atomic E-state index is 3.24. The zero-order chi connectivity index (χ0) is 8.93. The molecule has 2 rings (SSSR count). The van der Waals surface area contributed by atoms with E-state index in [1.54, 1.807) is 0 Å². The third-order valence-electron chi connectivity index (χ3n) is 1.95. The van der Waals surface area contributed by atoms with E-state index in [0.29, 0.717) is 10.5 Å². The summed E-state index contributed by atoms with van der Waals surface area (Å²) in [6, 6.07) is 10.4. The molecule has 1 atom stereocenters. The molecule has 1 nitrogen and oxygen atoms in total. The Bertz CT molecular complexity index is 327. The van der Waals surface area contributed by atoms with E-state index in [1.807, 2.05) is 6.07 Å². The van der Waals surface area contributed by atoms with Gasteiger partial charge in [-0.25, -0.2) is 0 Å². The molecule has 1 aromatic rings. The second-order valence-electron chi connectivity index (χ2n) is 2.96. The first-order chi connectivity index (χ1) is 6.45. The zero-order valence-corrected chi connectivity index (χ0v) is 8.26. The number of benzene rings is 1. The Balaban J connectivity index is 2.05. The van der Waals surface area contributed by atoms with Crippen LogP contribution in [0, 0.1) is 0 Å². The van der Waals surface area contributed by atoms with E-state index in [2.05, 4.69) is 46.6 Å². The first-order valence-corrected chi connectivity index (χ1v) is 5.96. The van der Waals surface area contributed by atoms with E-state index in [0.717, 1.165) is 6.54 Å². The quantitative estimate of drug-likeness (QED) is 0.707. The van der Waals surface area contributed by atoms with Crippen molar-refractivity contribution in [2.75, 3.05) is 12.3 Å². The summed E-state index contributed by atoms with van der Waals surface area (Å²) in [4.78, 5) is 0. The van der Waals surface area contributed by atoms with Crippen LogP contribution >= 0.6 is 10.5 Å². The van der Waals surface area contributed by atoms with Crippen LogP contribution in [0.25, 0.3) is 6.08 Å². The molecular weight excluding hydrogens is 178 g/mol. The van der Waals surface area contributed by atoms with Gasteiger partial charge in [0, 0.05) is 17.8 Å². The van der Waals surface area contributed by atoms with E-state index < -0.39 is 0 Å². The highest BCUT2D eigenvalue weighted by atomic mass is 32.2. The molecule has 0 radical (unpaired) electrons. The average Bonchev–Trinajstić information content (AvgIpc) is 2.69. The zero-order valence-electron chi connectivity index (χ0n) is 7.44. The summed E-state index contributed by atoms with van der Waals surface area (Å²) in [6.07, 6.45) is 2.20. The van der Waals surface area contributed by atoms with Crippen LogP contribution in [0.5, 0.6) is 0 Å². The van der Waals surface area contributed by atoms with Crippen LogP contribution in [0.2, 0.25) is 0 Å². The van der Waals surface area contributed by atoms with Gasteiger partial charge in [-0.15, -0.1) is 0 Å². The minimum atomic E-state index is 0.356. The molecule has 1 N–H and O–H groups in total. The van der Waals surface area contributed by atoms with Gasteiger partial charge in [-0.05, 0) is 17.0 Å². The lowest BCUT2D eigenvalue weighted by molar-refractivity contribution is 1.03. The number of hydrogen-bond donors (Lipinski definition) is 1. The van der Waals surface area contributed by atoms with Crippen LogP contribution in [-0.4, -0.2) is 17.8 Å². The fourth-order valence-corrected chi connectivity index (χ4v) is 2.59. The molecule has 68 valence electrons. The summed E-state index contributed by atoms with van der Waals surface area (Å²) in [5.41, 5.74) is 3.48. The molecule has 0 saturated carbocycles. The van der Waals surface area contributed by atoms with Crippen molar-refractivity contribution in [3.63, 3.8) is 0 Å². The molecule has 0 fully saturated rings. The molecule has 0 spiro atoms. The summed E-state index contributed by atoms with van der Waals surface area (Å²) in [6.45, 7) is 1.13. The summed E-state index contributed by atoms with van der Waals surface area (Å²) >= 11 is 0. The van der Waals surface area contributed by atoms with Crippen molar-refractivity contribution < 1.29 is 0 Å². The summed E-state index contributed by atoms with van der Waals surface area (Å²) in [7, 11) is 0.356. The molecule has 0 saturated heterocycles. The monoisotopic (exact) mass is 191 g/mol. The van der Waals surface area contributed by atoms with Gasteiger partial charge in [0.1, 0.15) is 0 Å². The molecule has 0 aliphatic carbocycles. The van der Waals surface area contributed by atoms with E-state index in [1.165, 1.54) is 11.3 Å². The molecule has 1 aliphatic rings. The Kier molecular flexibility index (Phi) is 2.95. The second kappa shape index (κ2) is 4.40. The van der Waals surface area contributed by atoms with E-state index >= 15 is 0 Å². The lowest BCUT2D eigenvalue weighted by atomic mass is 10.2. The summed E-state index contributed by atoms with van der Waals surface area (Å²) in [5.74, 6) is 1.25. The predicted molar refractivity (Wildman–Crippen MR) is 62.0 cm³/mol. The molecule has 0 aromatic heterocycles. The smallest absolute Gasteiger partial charge is 0.00882 e. The number of rotatable bonds is 2. The normalized spacial score (nSPS) is 22.0. The van der Waals surface area contributed by atoms with Crippen molar-refractivity contribution in [1.29, 1.82) is 0 Å². The standard InChI is InChI=1S/C11H13NS/c1-2-4-11(5-3-1)6-8-13-9-7-12-10-13/h1-6,8,10,12H,7,9H2. The maximum Gasteiger partial charge on any atom is 0.00882 e. The summed E-state index contributed by atoms with van der Waals surface area (Å²) in [5, 5.41) is 5.53. The largest absolute Gasteiger partial charge is 0.289 e. The molecular formula is C11H13NS. The first-order valence-electron chi connectivity index (χ1n) is 4.44. The molecule has 1 unspecified atom stereocenters. The number of hydrogen-bond acceptors (Lipinski definition) is 1. The van der Waals surface area contributed by atoms with Gasteiger partial charge >= 0.3 is 0 Å². The Morgan fingerprint density at radius 1 is 1.23 bits per heavy atom. The highest BCUT2D eigenvalue weighted by Gasteiger charge is 1.96. The van der Waals surface area contributed by atoms with Crippen molar-refractivity contribution in [3.8, 4) is 0 Å². The average molecular weight is 191 g/mol. The van der Waals surface area contributed by atoms with E-state index in [9.17, 15) is 0 Å². The first kappa shape index (κ1) is 8.73. The molecule has 1 aromatic carbocycles. The SMILES string of the molecule is C(=CS1=CNCC1)c1ccccc1. The van der Waals surface area contributed by atoms with Crippen molar-refractivity contribution in [2.45, 2.75) is 0 Å². The Labute approximate surface area is 81.4 Å². The predicted octanol–water partition coefficient (Wildman–Crippen LogP) is 2.29. The molecule has 1 aliphatic heterocycles. The fourth-order valence-electron chi connectivity index (χ4n) is 1.24. The van der Waals surface area contributed by atoms with E-state index in [-0.39, 0.29) is 0 Å². The van der Waals surface area contributed by atoms with Gasteiger partial charge in [0.15, 0.2) is 0 Å². The summed E-state index contributed by atoms with van der Waals surface area (Å²) < 4.78 is 0. The van der Waals surface area contributed by atoms with Gasteiger partial charge in [-0.1, -0.05) is 30.3 Å². The third kappa shape index (κ3) is 2.54. The molecule has 0 amide bonds. The van der Waals surface area contributed by atoms with Crippen molar-refractivity contribution >= 4 is 22.1 Å². The van der Waals surface area contributed by atoms with Crippen LogP contribution in [0.1, 0.15) is 5.56 Å². The van der Waals surface area contributed by atoms with Crippen LogP contribution in [0.4, 0.5) is 0 Å². The van der Waals surface area contributed by atoms with Crippen LogP contribution in [-0.2, 0) is 0 Å². The minimum absolute atomic E-state index is 0.356. The Hall–Kier alpha value is -0.860. The van der Waals surface area contributed by atoms with Crippen molar-refractivity contribution in [3.05, 3.63) is 41.3 Å². The van der Waals surface area contributed by atoms with Gasteiger partial charge in [-0.3, -0.25) is 5.32 Å². The van der Waals surface area contributed by atoms with Crippen molar-refractivity contribution in [2.24, 2.45) is 0 Å². The lowest BCUT2D eigenvalue weighted by Gasteiger charge is -1.93. The molecule has 13 heavy (non-hydrogen) atoms. The third-order valence-corrected chi connectivity index (χ3v) is 3.58. The second-order valence-corrected chi connectivity index (χ2v) is 4.81. The highest BCUT2D eigenvalue weighted by Crippen LogP contribution is 2.17. The van der Waals surface area contributed by atoms with E-state index in [4.69, 9.17) is 0 Å². The highest BCUT2D eigenvalue weighted by molar-refractivity contribution is 8.17. The topological polar surface area (TPSA) is 12.0 Å². The van der Waals surface area contributed by atoms with Crippen LogP contribution in [0.15, 0.2) is 35.7 Å². The van der Waals surface area contributed by atoms with Gasteiger partial charge in [-0.2, -0.15) is 10.5 Å². The Morgan fingerprint density at radius 3 is 2.77 bits per heavy atom. The minimum Gasteiger partial charge on any atom is -0.289 e. The maximum atomic E-state index is 3.24. The number of nitrogens with one attached hydrogen (secondary N) is 1. The van der Waals surface area contributed by atoms with Gasteiger partial charge in [0.05, 0.1) is 0 Å². The lowest BCUT2D eigenvalue weighted by Crippen LogP contribution is -2.04. The van der Waals surface area contributed by atoms with Gasteiger partial charge in [0.25, 0.3) is 0 Å². The van der Waals surface area contributed by atoms with Gasteiger partial charge < -0.3 is 0 Å². The van der Waals surface area contributed by atoms with Crippen LogP contribution < -0.4 is 5.32 Å². The molecule has 1 heterocycles. The Morgan fingerprint density at radius 2 is 2.08 bits per heavy atom. The van der Waals surface area contributed by atoms with Crippen LogP contribution in [0.3, 0.4) is 0 Å². The van der Waals surface area contributed by atoms with Crippen molar-refractivity contribution in [1.82, 2.24) is 5.32 Å².